The van der Waals surface area contributed by atoms with E-state index in [-0.39, 0.29) is 38.9 Å². The summed E-state index contributed by atoms with van der Waals surface area (Å²) in [5, 5.41) is 9.55. The largest absolute Gasteiger partial charge is 0.498 e. The van der Waals surface area contributed by atoms with Gasteiger partial charge in [-0.05, 0) is 70.3 Å². The first-order valence-corrected chi connectivity index (χ1v) is 22.4. The molecule has 0 rings (SSSR count). The lowest BCUT2D eigenvalue weighted by Crippen LogP contribution is -2.27. The maximum atomic E-state index is 12.5. The van der Waals surface area contributed by atoms with Crippen molar-refractivity contribution in [1.82, 2.24) is 0 Å². The van der Waals surface area contributed by atoms with Crippen molar-refractivity contribution in [1.29, 1.82) is 0 Å². The van der Waals surface area contributed by atoms with Gasteiger partial charge in [-0.3, -0.25) is 13.8 Å². The molecule has 0 fully saturated rings. The number of esters is 1. The average Bonchev–Trinajstić information content (AvgIpc) is 3.15. The second-order valence-corrected chi connectivity index (χ2v) is 15.2. The van der Waals surface area contributed by atoms with Crippen molar-refractivity contribution in [3.63, 3.8) is 0 Å². The zero-order valence-corrected chi connectivity index (χ0v) is 34.5. The number of aliphatic hydroxyl groups is 1. The van der Waals surface area contributed by atoms with Gasteiger partial charge in [0.15, 0.2) is 6.10 Å². The van der Waals surface area contributed by atoms with E-state index in [9.17, 15) is 19.4 Å². The normalized spacial score (nSPS) is 14.7. The van der Waals surface area contributed by atoms with Crippen molar-refractivity contribution in [2.45, 2.75) is 180 Å². The minimum Gasteiger partial charge on any atom is -0.498 e. The SMILES string of the molecule is CCCCCCCCCCCCCCCC/C=C\OCC(COP(=O)(O)OCCN)OC(=O)CCC/C=C\C/C=C\C/C=C\C/C=C\CCC(O)CC. The predicted molar refractivity (Wildman–Crippen MR) is 220 cm³/mol. The van der Waals surface area contributed by atoms with Crippen molar-refractivity contribution < 1.29 is 37.9 Å². The second kappa shape index (κ2) is 39.7. The summed E-state index contributed by atoms with van der Waals surface area (Å²) in [4.78, 5) is 22.4. The molecule has 0 aliphatic rings. The molecular weight excluding hydrogens is 689 g/mol. The van der Waals surface area contributed by atoms with Gasteiger partial charge in [0.25, 0.3) is 0 Å². The summed E-state index contributed by atoms with van der Waals surface area (Å²) in [5.74, 6) is -0.419. The highest BCUT2D eigenvalue weighted by Crippen LogP contribution is 2.43. The standard InChI is InChI=1S/C43H78NO8P/c1-3-5-6-7-8-9-10-11-12-15-18-21-24-27-30-33-37-49-39-42(40-51-53(47,48)50-38-36-44)52-43(46)35-32-29-26-23-20-17-14-13-16-19-22-25-28-31-34-41(45)4-2/h14,16-17,19,23,25-26,28,33,37,41-42,45H,3-13,15,18,20-22,24,27,29-32,34-36,38-40,44H2,1-2H3,(H,47,48)/b17-14-,19-16-,26-23-,28-25-,37-33-. The molecular formula is C43H78NO8P. The van der Waals surface area contributed by atoms with Crippen LogP contribution in [0.15, 0.2) is 60.9 Å². The van der Waals surface area contributed by atoms with Gasteiger partial charge in [0.1, 0.15) is 6.61 Å². The highest BCUT2D eigenvalue weighted by Gasteiger charge is 2.25. The third-order valence-corrected chi connectivity index (χ3v) is 9.65. The Morgan fingerprint density at radius 1 is 0.660 bits per heavy atom. The number of phosphoric acid groups is 1. The lowest BCUT2D eigenvalue weighted by atomic mass is 10.0. The lowest BCUT2D eigenvalue weighted by molar-refractivity contribution is -0.153. The van der Waals surface area contributed by atoms with Crippen molar-refractivity contribution >= 4 is 13.8 Å². The lowest BCUT2D eigenvalue weighted by Gasteiger charge is -2.19. The average molecular weight is 768 g/mol. The minimum absolute atomic E-state index is 0.0000513. The Bertz CT molecular complexity index is 1010. The van der Waals surface area contributed by atoms with E-state index < -0.39 is 19.9 Å². The fourth-order valence-corrected chi connectivity index (χ4v) is 6.17. The Morgan fingerprint density at radius 2 is 1.17 bits per heavy atom. The summed E-state index contributed by atoms with van der Waals surface area (Å²) in [7, 11) is -4.32. The van der Waals surface area contributed by atoms with E-state index >= 15 is 0 Å². The van der Waals surface area contributed by atoms with Crippen LogP contribution in [0.1, 0.15) is 168 Å². The van der Waals surface area contributed by atoms with Gasteiger partial charge in [0.05, 0.1) is 25.6 Å². The summed E-state index contributed by atoms with van der Waals surface area (Å²) in [6.45, 7) is 3.88. The van der Waals surface area contributed by atoms with Crippen molar-refractivity contribution in [3.8, 4) is 0 Å². The van der Waals surface area contributed by atoms with E-state index in [1.54, 1.807) is 6.26 Å². The number of hydrogen-bond donors (Lipinski definition) is 3. The second-order valence-electron chi connectivity index (χ2n) is 13.7. The van der Waals surface area contributed by atoms with Crippen LogP contribution in [0, 0.1) is 0 Å². The molecule has 0 bridgehead atoms. The molecule has 0 aliphatic carbocycles. The quantitative estimate of drug-likeness (QED) is 0.0183. The molecule has 3 unspecified atom stereocenters. The van der Waals surface area contributed by atoms with Crippen LogP contribution in [0.4, 0.5) is 0 Å². The van der Waals surface area contributed by atoms with Gasteiger partial charge in [-0.2, -0.15) is 0 Å². The van der Waals surface area contributed by atoms with Crippen LogP contribution < -0.4 is 5.73 Å². The van der Waals surface area contributed by atoms with E-state index in [1.165, 1.54) is 83.5 Å². The molecule has 0 saturated heterocycles. The zero-order valence-electron chi connectivity index (χ0n) is 33.6. The number of carbonyl (C=O) groups excluding carboxylic acids is 1. The molecule has 9 nitrogen and oxygen atoms in total. The smallest absolute Gasteiger partial charge is 0.472 e. The number of aliphatic hydroxyl groups excluding tert-OH is 1. The van der Waals surface area contributed by atoms with Gasteiger partial charge in [-0.25, -0.2) is 4.57 Å². The minimum atomic E-state index is -4.32. The van der Waals surface area contributed by atoms with Gasteiger partial charge in [-0.1, -0.05) is 146 Å². The third-order valence-electron chi connectivity index (χ3n) is 8.67. The molecule has 0 amide bonds. The van der Waals surface area contributed by atoms with Gasteiger partial charge in [0.2, 0.25) is 0 Å². The first-order chi connectivity index (χ1) is 25.8. The van der Waals surface area contributed by atoms with E-state index in [4.69, 9.17) is 24.3 Å². The molecule has 0 spiro atoms. The number of unbranched alkanes of at least 4 members (excludes halogenated alkanes) is 15. The number of carbonyl (C=O) groups is 1. The molecule has 10 heteroatoms. The first-order valence-electron chi connectivity index (χ1n) is 20.9. The molecule has 0 aromatic carbocycles. The molecule has 0 aliphatic heterocycles. The molecule has 0 radical (unpaired) electrons. The van der Waals surface area contributed by atoms with Crippen LogP contribution >= 0.6 is 7.82 Å². The maximum absolute atomic E-state index is 12.5. The van der Waals surface area contributed by atoms with Gasteiger partial charge in [-0.15, -0.1) is 0 Å². The van der Waals surface area contributed by atoms with Gasteiger partial charge in [0, 0.05) is 13.0 Å². The van der Waals surface area contributed by atoms with Gasteiger partial charge < -0.3 is 25.2 Å². The Hall–Kier alpha value is -2.00. The number of rotatable bonds is 39. The summed E-state index contributed by atoms with van der Waals surface area (Å²) in [6, 6.07) is 0. The fourth-order valence-electron chi connectivity index (χ4n) is 5.41. The van der Waals surface area contributed by atoms with Crippen molar-refractivity contribution in [3.05, 3.63) is 60.9 Å². The van der Waals surface area contributed by atoms with Crippen LogP contribution in [-0.4, -0.2) is 54.5 Å². The maximum Gasteiger partial charge on any atom is 0.472 e. The Labute approximate surface area is 324 Å². The van der Waals surface area contributed by atoms with E-state index in [0.717, 1.165) is 57.8 Å². The Morgan fingerprint density at radius 3 is 1.72 bits per heavy atom. The monoisotopic (exact) mass is 768 g/mol. The van der Waals surface area contributed by atoms with E-state index in [1.807, 2.05) is 13.0 Å². The van der Waals surface area contributed by atoms with Crippen LogP contribution in [0.25, 0.3) is 0 Å². The highest BCUT2D eigenvalue weighted by molar-refractivity contribution is 7.47. The Balaban J connectivity index is 4.22. The number of phosphoric ester groups is 1. The number of allylic oxidation sites excluding steroid dienone is 9. The molecule has 0 heterocycles. The summed E-state index contributed by atoms with van der Waals surface area (Å²) >= 11 is 0. The molecule has 0 aromatic heterocycles. The van der Waals surface area contributed by atoms with Crippen LogP contribution in [0.3, 0.4) is 0 Å². The summed E-state index contributed by atoms with van der Waals surface area (Å²) in [5.41, 5.74) is 5.35. The predicted octanol–water partition coefficient (Wildman–Crippen LogP) is 11.5. The van der Waals surface area contributed by atoms with Gasteiger partial charge >= 0.3 is 13.8 Å². The number of hydrogen-bond acceptors (Lipinski definition) is 8. The Kier molecular flexibility index (Phi) is 38.2. The van der Waals surface area contributed by atoms with E-state index in [2.05, 4.69) is 55.5 Å². The molecule has 4 N–H and O–H groups in total. The van der Waals surface area contributed by atoms with Crippen molar-refractivity contribution in [2.24, 2.45) is 5.73 Å². The van der Waals surface area contributed by atoms with Crippen LogP contribution in [0.5, 0.6) is 0 Å². The van der Waals surface area contributed by atoms with E-state index in [0.29, 0.717) is 6.42 Å². The van der Waals surface area contributed by atoms with Crippen LogP contribution in [0.2, 0.25) is 0 Å². The third kappa shape index (κ3) is 39.5. The summed E-state index contributed by atoms with van der Waals surface area (Å²) < 4.78 is 33.1. The van der Waals surface area contributed by atoms with Crippen molar-refractivity contribution in [2.75, 3.05) is 26.4 Å². The number of ether oxygens (including phenoxy) is 2. The molecule has 53 heavy (non-hydrogen) atoms. The topological polar surface area (TPSA) is 138 Å². The van der Waals surface area contributed by atoms with Crippen LogP contribution in [-0.2, 0) is 27.9 Å². The first kappa shape index (κ1) is 51.0. The highest BCUT2D eigenvalue weighted by atomic mass is 31.2. The number of nitrogens with two attached hydrogens (primary N) is 1. The molecule has 0 aromatic rings. The zero-order chi connectivity index (χ0) is 38.9. The molecule has 308 valence electrons. The molecule has 0 saturated carbocycles. The fraction of sp³-hybridized carbons (Fsp3) is 0.744. The summed E-state index contributed by atoms with van der Waals surface area (Å²) in [6.07, 6.45) is 45.6. The molecule has 3 atom stereocenters.